The Kier molecular flexibility index (Phi) is 5.60. The molecule has 2 aliphatic rings. The minimum Gasteiger partial charge on any atom is -0.494 e. The number of halogens is 2. The number of carbonyl (C=O) groups is 1. The Morgan fingerprint density at radius 3 is 2.36 bits per heavy atom. The van der Waals surface area contributed by atoms with Crippen molar-refractivity contribution in [3.8, 4) is 5.75 Å². The molecule has 2 saturated heterocycles. The molecule has 3 aromatic rings. The Labute approximate surface area is 190 Å². The predicted octanol–water partition coefficient (Wildman–Crippen LogP) is 5.02. The van der Waals surface area contributed by atoms with Crippen LogP contribution in [0.15, 0.2) is 66.7 Å². The van der Waals surface area contributed by atoms with E-state index in [-0.39, 0.29) is 24.2 Å². The van der Waals surface area contributed by atoms with Crippen molar-refractivity contribution in [1.82, 2.24) is 4.90 Å². The molecule has 2 heterocycles. The Balaban J connectivity index is 1.62. The molecule has 0 aromatic heterocycles. The van der Waals surface area contributed by atoms with Crippen molar-refractivity contribution < 1.29 is 27.8 Å². The number of rotatable bonds is 4. The summed E-state index contributed by atoms with van der Waals surface area (Å²) in [5.74, 6) is -1.28. The normalized spacial score (nSPS) is 24.9. The fraction of sp³-hybridized carbons (Fsp3) is 0.269. The van der Waals surface area contributed by atoms with Crippen LogP contribution in [0.1, 0.15) is 40.6 Å². The number of esters is 1. The second kappa shape index (κ2) is 8.57. The molecule has 5 rings (SSSR count). The summed E-state index contributed by atoms with van der Waals surface area (Å²) >= 11 is 0. The summed E-state index contributed by atoms with van der Waals surface area (Å²) in [7, 11) is 1.39. The van der Waals surface area contributed by atoms with Crippen molar-refractivity contribution >= 4 is 5.97 Å². The Morgan fingerprint density at radius 2 is 1.67 bits per heavy atom. The van der Waals surface area contributed by atoms with Crippen LogP contribution in [-0.4, -0.2) is 30.6 Å². The highest BCUT2D eigenvalue weighted by Crippen LogP contribution is 2.49. The number of benzene rings is 3. The maximum Gasteiger partial charge on any atom is 0.326 e. The van der Waals surface area contributed by atoms with Crippen molar-refractivity contribution in [2.24, 2.45) is 0 Å². The molecule has 2 fully saturated rings. The molecule has 2 aliphatic heterocycles. The first kappa shape index (κ1) is 21.6. The van der Waals surface area contributed by atoms with Crippen molar-refractivity contribution in [1.29, 1.82) is 0 Å². The van der Waals surface area contributed by atoms with Gasteiger partial charge < -0.3 is 14.2 Å². The quantitative estimate of drug-likeness (QED) is 0.522. The van der Waals surface area contributed by atoms with E-state index in [1.807, 2.05) is 35.2 Å². The van der Waals surface area contributed by atoms with Gasteiger partial charge in [0.25, 0.3) is 0 Å². The van der Waals surface area contributed by atoms with Crippen LogP contribution >= 0.6 is 0 Å². The van der Waals surface area contributed by atoms with E-state index in [4.69, 9.17) is 14.2 Å². The largest absolute Gasteiger partial charge is 0.494 e. The van der Waals surface area contributed by atoms with Crippen LogP contribution in [0.5, 0.6) is 5.75 Å². The number of aryl methyl sites for hydroxylation is 1. The zero-order valence-corrected chi connectivity index (χ0v) is 18.2. The van der Waals surface area contributed by atoms with Gasteiger partial charge in [-0.2, -0.15) is 0 Å². The lowest BCUT2D eigenvalue weighted by Crippen LogP contribution is -2.49. The van der Waals surface area contributed by atoms with E-state index in [0.29, 0.717) is 16.7 Å². The number of carbonyl (C=O) groups excluding carboxylic acids is 1. The Hall–Kier alpha value is -3.29. The van der Waals surface area contributed by atoms with Crippen LogP contribution in [0.3, 0.4) is 0 Å². The third-order valence-electron chi connectivity index (χ3n) is 6.31. The lowest BCUT2D eigenvalue weighted by atomic mass is 9.96. The van der Waals surface area contributed by atoms with Gasteiger partial charge in [0, 0.05) is 0 Å². The molecule has 0 N–H and O–H groups in total. The van der Waals surface area contributed by atoms with E-state index in [1.54, 1.807) is 25.1 Å². The number of fused-ring (bicyclic) bond motifs is 1. The van der Waals surface area contributed by atoms with Crippen molar-refractivity contribution in [3.05, 3.63) is 101 Å². The van der Waals surface area contributed by atoms with Gasteiger partial charge in [-0.3, -0.25) is 4.79 Å². The van der Waals surface area contributed by atoms with Gasteiger partial charge in [0.1, 0.15) is 30.8 Å². The summed E-state index contributed by atoms with van der Waals surface area (Å²) < 4.78 is 46.0. The van der Waals surface area contributed by atoms with Gasteiger partial charge in [0.05, 0.1) is 13.2 Å². The summed E-state index contributed by atoms with van der Waals surface area (Å²) in [6.45, 7) is 1.82. The molecule has 0 aliphatic carbocycles. The summed E-state index contributed by atoms with van der Waals surface area (Å²) in [4.78, 5) is 14.9. The fourth-order valence-corrected chi connectivity index (χ4v) is 4.60. The first-order valence-corrected chi connectivity index (χ1v) is 10.7. The molecule has 7 heteroatoms. The van der Waals surface area contributed by atoms with Gasteiger partial charge in [-0.15, -0.1) is 0 Å². The molecule has 0 saturated carbocycles. The third kappa shape index (κ3) is 3.77. The molecule has 0 amide bonds. The van der Waals surface area contributed by atoms with E-state index in [2.05, 4.69) is 0 Å². The third-order valence-corrected chi connectivity index (χ3v) is 6.31. The minimum absolute atomic E-state index is 0.0964. The highest BCUT2D eigenvalue weighted by atomic mass is 19.1. The molecule has 170 valence electrons. The van der Waals surface area contributed by atoms with Crippen molar-refractivity contribution in [2.75, 3.05) is 13.7 Å². The number of cyclic esters (lactones) is 1. The van der Waals surface area contributed by atoms with E-state index >= 15 is 0 Å². The second-order valence-electron chi connectivity index (χ2n) is 8.26. The van der Waals surface area contributed by atoms with Gasteiger partial charge >= 0.3 is 5.97 Å². The standard InChI is InChI=1S/C26H23F2NO4/c1-15-8-9-18(13-19(15)27)25-29-21(16-6-4-3-5-7-16)14-32-26(30)23(29)24(33-25)17-10-11-22(31-2)20(28)12-17/h3-13,21,23-25H,14H2,1-2H3/t21-,23?,24-,25+/m1/s1. The van der Waals surface area contributed by atoms with Crippen LogP contribution in [0.2, 0.25) is 0 Å². The zero-order chi connectivity index (χ0) is 23.1. The maximum absolute atomic E-state index is 14.5. The van der Waals surface area contributed by atoms with Crippen molar-refractivity contribution in [2.45, 2.75) is 31.3 Å². The van der Waals surface area contributed by atoms with Gasteiger partial charge in [0.15, 0.2) is 11.6 Å². The predicted molar refractivity (Wildman–Crippen MR) is 116 cm³/mol. The molecule has 4 atom stereocenters. The average molecular weight is 451 g/mol. The molecular weight excluding hydrogens is 428 g/mol. The van der Waals surface area contributed by atoms with Crippen LogP contribution < -0.4 is 4.74 Å². The lowest BCUT2D eigenvalue weighted by molar-refractivity contribution is -0.163. The molecule has 0 radical (unpaired) electrons. The molecule has 0 spiro atoms. The highest BCUT2D eigenvalue weighted by molar-refractivity contribution is 5.78. The zero-order valence-electron chi connectivity index (χ0n) is 18.2. The average Bonchev–Trinajstić information content (AvgIpc) is 3.23. The van der Waals surface area contributed by atoms with Gasteiger partial charge in [-0.25, -0.2) is 13.7 Å². The van der Waals surface area contributed by atoms with Gasteiger partial charge in [-0.1, -0.05) is 48.5 Å². The van der Waals surface area contributed by atoms with Gasteiger partial charge in [0.2, 0.25) is 0 Å². The number of nitrogens with zero attached hydrogens (tertiary/aromatic N) is 1. The van der Waals surface area contributed by atoms with Crippen LogP contribution in [-0.2, 0) is 14.3 Å². The number of ether oxygens (including phenoxy) is 3. The van der Waals surface area contributed by atoms with Gasteiger partial charge in [-0.05, 0) is 47.4 Å². The molecular formula is C26H23F2NO4. The maximum atomic E-state index is 14.5. The SMILES string of the molecule is COc1ccc([C@H]2O[C@@H](c3ccc(C)c(F)c3)N3C2C(=O)OC[C@@H]3c2ccccc2)cc1F. The Bertz CT molecular complexity index is 1190. The van der Waals surface area contributed by atoms with Crippen LogP contribution in [0, 0.1) is 18.6 Å². The van der Waals surface area contributed by atoms with E-state index in [9.17, 15) is 13.6 Å². The van der Waals surface area contributed by atoms with E-state index < -0.39 is 30.2 Å². The first-order chi connectivity index (χ1) is 16.0. The minimum atomic E-state index is -0.828. The topological polar surface area (TPSA) is 48.0 Å². The molecule has 3 aromatic carbocycles. The van der Waals surface area contributed by atoms with Crippen LogP contribution in [0.25, 0.3) is 0 Å². The van der Waals surface area contributed by atoms with Crippen LogP contribution in [0.4, 0.5) is 8.78 Å². The number of methoxy groups -OCH3 is 1. The number of hydrogen-bond acceptors (Lipinski definition) is 5. The van der Waals surface area contributed by atoms with E-state index in [1.165, 1.54) is 25.3 Å². The number of morpholine rings is 1. The van der Waals surface area contributed by atoms with E-state index in [0.717, 1.165) is 5.56 Å². The summed E-state index contributed by atoms with van der Waals surface area (Å²) in [5, 5.41) is 0. The molecule has 1 unspecified atom stereocenters. The number of hydrogen-bond donors (Lipinski definition) is 0. The first-order valence-electron chi connectivity index (χ1n) is 10.7. The summed E-state index contributed by atoms with van der Waals surface area (Å²) in [6.07, 6.45) is -1.53. The second-order valence-corrected chi connectivity index (χ2v) is 8.26. The van der Waals surface area contributed by atoms with Crippen molar-refractivity contribution in [3.63, 3.8) is 0 Å². The molecule has 0 bridgehead atoms. The highest BCUT2D eigenvalue weighted by Gasteiger charge is 2.54. The Morgan fingerprint density at radius 1 is 0.939 bits per heavy atom. The fourth-order valence-electron chi connectivity index (χ4n) is 4.60. The lowest BCUT2D eigenvalue weighted by Gasteiger charge is -2.39. The summed E-state index contributed by atoms with van der Waals surface area (Å²) in [6, 6.07) is 17.9. The summed E-state index contributed by atoms with van der Waals surface area (Å²) in [5.41, 5.74) is 2.51. The smallest absolute Gasteiger partial charge is 0.326 e. The monoisotopic (exact) mass is 451 g/mol. The molecule has 5 nitrogen and oxygen atoms in total. The molecule has 33 heavy (non-hydrogen) atoms.